The van der Waals surface area contributed by atoms with Crippen LogP contribution in [0.15, 0.2) is 73.1 Å². The fourth-order valence-corrected chi connectivity index (χ4v) is 2.80. The van der Waals surface area contributed by atoms with Crippen molar-refractivity contribution in [3.05, 3.63) is 89.7 Å². The summed E-state index contributed by atoms with van der Waals surface area (Å²) in [4.78, 5) is 28.6. The molecular weight excluding hydrogens is 394 g/mol. The van der Waals surface area contributed by atoms with Crippen LogP contribution in [-0.4, -0.2) is 29.9 Å². The normalized spacial score (nSPS) is 10.2. The number of carbonyl (C=O) groups excluding carboxylic acids is 2. The molecule has 2 amide bonds. The van der Waals surface area contributed by atoms with Crippen molar-refractivity contribution in [1.29, 1.82) is 0 Å². The fraction of sp³-hybridized carbons (Fsp3) is 0.208. The minimum absolute atomic E-state index is 0.116. The quantitative estimate of drug-likeness (QED) is 0.527. The molecule has 0 aliphatic rings. The molecule has 3 aromatic rings. The zero-order valence-corrected chi connectivity index (χ0v) is 17.3. The lowest BCUT2D eigenvalue weighted by Crippen LogP contribution is -2.36. The molecular formula is C24H25N3O4. The topological polar surface area (TPSA) is 89.5 Å². The van der Waals surface area contributed by atoms with Crippen molar-refractivity contribution in [2.45, 2.75) is 20.1 Å². The lowest BCUT2D eigenvalue weighted by atomic mass is 10.2. The third-order valence-electron chi connectivity index (χ3n) is 4.36. The van der Waals surface area contributed by atoms with Crippen LogP contribution in [0, 0.1) is 0 Å². The van der Waals surface area contributed by atoms with Crippen LogP contribution >= 0.6 is 0 Å². The predicted octanol–water partition coefficient (Wildman–Crippen LogP) is 3.11. The summed E-state index contributed by atoms with van der Waals surface area (Å²) in [5, 5.41) is 5.40. The van der Waals surface area contributed by atoms with E-state index in [2.05, 4.69) is 15.6 Å². The van der Waals surface area contributed by atoms with E-state index in [4.69, 9.17) is 9.47 Å². The van der Waals surface area contributed by atoms with E-state index in [0.29, 0.717) is 36.8 Å². The Balaban J connectivity index is 1.55. The van der Waals surface area contributed by atoms with E-state index >= 15 is 0 Å². The Morgan fingerprint density at radius 2 is 1.71 bits per heavy atom. The molecule has 0 bridgehead atoms. The number of aromatic nitrogens is 1. The number of nitrogens with zero attached hydrogens (tertiary/aromatic N) is 1. The number of amides is 2. The molecule has 31 heavy (non-hydrogen) atoms. The fourth-order valence-electron chi connectivity index (χ4n) is 2.80. The van der Waals surface area contributed by atoms with Gasteiger partial charge in [0, 0.05) is 30.1 Å². The summed E-state index contributed by atoms with van der Waals surface area (Å²) in [6.07, 6.45) is 3.43. The average Bonchev–Trinajstić information content (AvgIpc) is 2.82. The van der Waals surface area contributed by atoms with Crippen LogP contribution in [0.3, 0.4) is 0 Å². The summed E-state index contributed by atoms with van der Waals surface area (Å²) in [5.41, 5.74) is 2.30. The van der Waals surface area contributed by atoms with Crippen molar-refractivity contribution in [3.8, 4) is 11.5 Å². The molecule has 3 rings (SSSR count). The van der Waals surface area contributed by atoms with Gasteiger partial charge in [0.05, 0.1) is 13.2 Å². The number of rotatable bonds is 10. The van der Waals surface area contributed by atoms with Crippen molar-refractivity contribution in [3.63, 3.8) is 0 Å². The van der Waals surface area contributed by atoms with Gasteiger partial charge in [-0.1, -0.05) is 36.4 Å². The molecule has 2 N–H and O–H groups in total. The van der Waals surface area contributed by atoms with Crippen LogP contribution in [-0.2, 0) is 17.9 Å². The highest BCUT2D eigenvalue weighted by atomic mass is 16.5. The van der Waals surface area contributed by atoms with Gasteiger partial charge in [0.25, 0.3) is 5.91 Å². The lowest BCUT2D eigenvalue weighted by molar-refractivity contribution is -0.120. The van der Waals surface area contributed by atoms with Crippen LogP contribution in [0.1, 0.15) is 28.4 Å². The van der Waals surface area contributed by atoms with E-state index < -0.39 is 0 Å². The van der Waals surface area contributed by atoms with E-state index in [-0.39, 0.29) is 18.4 Å². The summed E-state index contributed by atoms with van der Waals surface area (Å²) < 4.78 is 11.5. The molecule has 0 atom stereocenters. The van der Waals surface area contributed by atoms with E-state index in [1.165, 1.54) is 0 Å². The Morgan fingerprint density at radius 3 is 2.45 bits per heavy atom. The maximum atomic E-state index is 12.5. The van der Waals surface area contributed by atoms with Crippen LogP contribution < -0.4 is 20.1 Å². The van der Waals surface area contributed by atoms with Gasteiger partial charge in [0.2, 0.25) is 5.91 Å². The summed E-state index contributed by atoms with van der Waals surface area (Å²) in [7, 11) is 0. The number of carbonyl (C=O) groups is 2. The Labute approximate surface area is 181 Å². The van der Waals surface area contributed by atoms with E-state index in [1.807, 2.05) is 49.4 Å². The largest absolute Gasteiger partial charge is 0.490 e. The molecule has 0 saturated carbocycles. The first-order valence-electron chi connectivity index (χ1n) is 10.0. The van der Waals surface area contributed by atoms with Gasteiger partial charge in [-0.05, 0) is 36.8 Å². The number of pyridine rings is 1. The van der Waals surface area contributed by atoms with Gasteiger partial charge >= 0.3 is 0 Å². The molecule has 0 aliphatic carbocycles. The molecule has 0 spiro atoms. The Kier molecular flexibility index (Phi) is 7.99. The zero-order valence-electron chi connectivity index (χ0n) is 17.3. The SMILES string of the molecule is CCOc1cc(C(=O)NCC(=O)NCc2ccccc2)ccc1OCc1cccnc1. The van der Waals surface area contributed by atoms with Gasteiger partial charge in [-0.3, -0.25) is 14.6 Å². The predicted molar refractivity (Wildman–Crippen MR) is 117 cm³/mol. The monoisotopic (exact) mass is 419 g/mol. The Morgan fingerprint density at radius 1 is 0.903 bits per heavy atom. The molecule has 7 nitrogen and oxygen atoms in total. The second-order valence-electron chi connectivity index (χ2n) is 6.69. The molecule has 2 aromatic carbocycles. The maximum Gasteiger partial charge on any atom is 0.251 e. The second-order valence-corrected chi connectivity index (χ2v) is 6.69. The molecule has 1 aromatic heterocycles. The summed E-state index contributed by atoms with van der Waals surface area (Å²) in [6.45, 7) is 2.91. The third kappa shape index (κ3) is 6.85. The molecule has 1 heterocycles. The van der Waals surface area contributed by atoms with Crippen molar-refractivity contribution in [2.75, 3.05) is 13.2 Å². The minimum atomic E-state index is -0.366. The molecule has 0 fully saturated rings. The van der Waals surface area contributed by atoms with Gasteiger partial charge in [-0.25, -0.2) is 0 Å². The first-order chi connectivity index (χ1) is 15.2. The zero-order chi connectivity index (χ0) is 21.9. The van der Waals surface area contributed by atoms with E-state index in [0.717, 1.165) is 11.1 Å². The highest BCUT2D eigenvalue weighted by Gasteiger charge is 2.13. The number of nitrogens with one attached hydrogen (secondary N) is 2. The summed E-state index contributed by atoms with van der Waals surface area (Å²) in [6, 6.07) is 18.3. The molecule has 0 aliphatic heterocycles. The van der Waals surface area contributed by atoms with Gasteiger partial charge in [0.1, 0.15) is 6.61 Å². The first kappa shape index (κ1) is 21.8. The van der Waals surface area contributed by atoms with Gasteiger partial charge < -0.3 is 20.1 Å². The molecule has 0 unspecified atom stereocenters. The second kappa shape index (κ2) is 11.3. The molecule has 7 heteroatoms. The van der Waals surface area contributed by atoms with Crippen molar-refractivity contribution >= 4 is 11.8 Å². The van der Waals surface area contributed by atoms with Crippen molar-refractivity contribution in [2.24, 2.45) is 0 Å². The third-order valence-corrected chi connectivity index (χ3v) is 4.36. The van der Waals surface area contributed by atoms with Crippen LogP contribution in [0.2, 0.25) is 0 Å². The highest BCUT2D eigenvalue weighted by Crippen LogP contribution is 2.29. The Bertz CT molecular complexity index is 994. The smallest absolute Gasteiger partial charge is 0.251 e. The lowest BCUT2D eigenvalue weighted by Gasteiger charge is -2.13. The van der Waals surface area contributed by atoms with Crippen LogP contribution in [0.25, 0.3) is 0 Å². The number of hydrogen-bond acceptors (Lipinski definition) is 5. The van der Waals surface area contributed by atoms with Gasteiger partial charge in [-0.15, -0.1) is 0 Å². The summed E-state index contributed by atoms with van der Waals surface area (Å²) in [5.74, 6) is 0.365. The first-order valence-corrected chi connectivity index (χ1v) is 10.0. The summed E-state index contributed by atoms with van der Waals surface area (Å²) >= 11 is 0. The van der Waals surface area contributed by atoms with Crippen molar-refractivity contribution < 1.29 is 19.1 Å². The maximum absolute atomic E-state index is 12.5. The van der Waals surface area contributed by atoms with Crippen molar-refractivity contribution in [1.82, 2.24) is 15.6 Å². The molecule has 0 saturated heterocycles. The number of benzene rings is 2. The van der Waals surface area contributed by atoms with Gasteiger partial charge in [-0.2, -0.15) is 0 Å². The van der Waals surface area contributed by atoms with Crippen LogP contribution in [0.5, 0.6) is 11.5 Å². The molecule has 0 radical (unpaired) electrons. The average molecular weight is 419 g/mol. The standard InChI is InChI=1S/C24H25N3O4/c1-2-30-22-13-20(10-11-21(22)31-17-19-9-6-12-25-14-19)24(29)27-16-23(28)26-15-18-7-4-3-5-8-18/h3-14H,2,15-17H2,1H3,(H,26,28)(H,27,29). The Hall–Kier alpha value is -3.87. The highest BCUT2D eigenvalue weighted by molar-refractivity contribution is 5.97. The number of ether oxygens (including phenoxy) is 2. The minimum Gasteiger partial charge on any atom is -0.490 e. The van der Waals surface area contributed by atoms with Crippen LogP contribution in [0.4, 0.5) is 0 Å². The van der Waals surface area contributed by atoms with E-state index in [9.17, 15) is 9.59 Å². The van der Waals surface area contributed by atoms with Gasteiger partial charge in [0.15, 0.2) is 11.5 Å². The number of hydrogen-bond donors (Lipinski definition) is 2. The molecule has 160 valence electrons. The van der Waals surface area contributed by atoms with E-state index in [1.54, 1.807) is 30.6 Å².